The summed E-state index contributed by atoms with van der Waals surface area (Å²) in [6.07, 6.45) is 0. The molecule has 2 aromatic rings. The molecule has 0 aromatic heterocycles. The van der Waals surface area contributed by atoms with Gasteiger partial charge in [0.15, 0.2) is 0 Å². The third kappa shape index (κ3) is 7.14. The molecule has 4 N–H and O–H groups in total. The minimum absolute atomic E-state index is 0.256. The Kier molecular flexibility index (Phi) is 8.12. The smallest absolute Gasteiger partial charge is 0.338 e. The van der Waals surface area contributed by atoms with Gasteiger partial charge in [0.1, 0.15) is 0 Å². The molecule has 0 aliphatic rings. The van der Waals surface area contributed by atoms with Gasteiger partial charge in [-0.3, -0.25) is 0 Å². The van der Waals surface area contributed by atoms with E-state index in [2.05, 4.69) is 5.32 Å². The monoisotopic (exact) mass is 425 g/mol. The predicted molar refractivity (Wildman–Crippen MR) is 95.3 cm³/mol. The first-order chi connectivity index (χ1) is 12.1. The van der Waals surface area contributed by atoms with Gasteiger partial charge in [-0.05, 0) is 19.1 Å². The fraction of sp³-hybridized carbons (Fsp3) is 0.176. The van der Waals surface area contributed by atoms with Crippen LogP contribution in [0.25, 0.3) is 0 Å². The number of esters is 1. The Morgan fingerprint density at radius 2 is 1.73 bits per heavy atom. The molecule has 0 aliphatic carbocycles. The van der Waals surface area contributed by atoms with E-state index in [1.807, 2.05) is 18.2 Å². The van der Waals surface area contributed by atoms with Crippen molar-refractivity contribution in [2.45, 2.75) is 13.8 Å². The molecule has 1 amide bonds. The summed E-state index contributed by atoms with van der Waals surface area (Å²) in [5, 5.41) is 11.7. The summed E-state index contributed by atoms with van der Waals surface area (Å²) in [7, 11) is 0. The van der Waals surface area contributed by atoms with Gasteiger partial charge in [-0.25, -0.2) is 4.79 Å². The van der Waals surface area contributed by atoms with Gasteiger partial charge in [0, 0.05) is 0 Å². The number of rotatable bonds is 4. The molecule has 0 heterocycles. The Labute approximate surface area is 153 Å². The van der Waals surface area contributed by atoms with Crippen molar-refractivity contribution in [1.29, 1.82) is 0 Å². The second-order valence-corrected chi connectivity index (χ2v) is 8.31. The van der Waals surface area contributed by atoms with Crippen molar-refractivity contribution in [2.24, 2.45) is 0 Å². The van der Waals surface area contributed by atoms with E-state index in [1.165, 1.54) is 13.0 Å². The van der Waals surface area contributed by atoms with Gasteiger partial charge in [-0.1, -0.05) is 18.2 Å². The first-order valence-corrected chi connectivity index (χ1v) is 10.9. The maximum atomic E-state index is 11.0. The van der Waals surface area contributed by atoms with Gasteiger partial charge in [0.25, 0.3) is 0 Å². The Hall–Kier alpha value is -2.54. The summed E-state index contributed by atoms with van der Waals surface area (Å²) < 4.78 is 33.0. The Morgan fingerprint density at radius 3 is 2.19 bits per heavy atom. The largest absolute Gasteiger partial charge is 0.462 e. The SMILES string of the molecule is CC(=O)Nc1ccc([As](=O)(O)O)c(O)c1.CCOC(=O)c1ccccc1. The quantitative estimate of drug-likeness (QED) is 0.420. The van der Waals surface area contributed by atoms with Crippen molar-refractivity contribution < 1.29 is 31.4 Å². The van der Waals surface area contributed by atoms with Crippen LogP contribution in [-0.4, -0.2) is 46.0 Å². The standard InChI is InChI=1S/C9H10O2.C8H10AsNO5/c1-2-11-9(10)8-6-4-3-5-7-8;1-5(11)10-6-2-3-7(8(12)4-6)9(13,14)15/h3-7H,2H2,1H3;2-4,12H,1H3,(H,10,11)(H2,13,14,15). The number of aromatic hydroxyl groups is 1. The van der Waals surface area contributed by atoms with E-state index >= 15 is 0 Å². The normalized spacial score (nSPS) is 10.3. The molecular formula is C17H20AsNO7. The van der Waals surface area contributed by atoms with E-state index in [1.54, 1.807) is 19.1 Å². The number of amides is 1. The molecule has 0 unspecified atom stereocenters. The second kappa shape index (κ2) is 9.82. The minimum Gasteiger partial charge on any atom is -0.462 e. The topological polar surface area (TPSA) is 133 Å². The summed E-state index contributed by atoms with van der Waals surface area (Å²) >= 11 is -5.09. The van der Waals surface area contributed by atoms with Crippen molar-refractivity contribution >= 4 is 36.1 Å². The zero-order chi connectivity index (χ0) is 19.7. The maximum absolute atomic E-state index is 11.0. The summed E-state index contributed by atoms with van der Waals surface area (Å²) in [5.74, 6) is -1.11. The zero-order valence-corrected chi connectivity index (χ0v) is 16.1. The third-order valence-electron chi connectivity index (χ3n) is 2.89. The number of benzene rings is 2. The number of hydrogen-bond donors (Lipinski definition) is 4. The molecule has 0 spiro atoms. The number of phenols is 1. The Morgan fingerprint density at radius 1 is 1.12 bits per heavy atom. The van der Waals surface area contributed by atoms with Crippen LogP contribution < -0.4 is 9.67 Å². The molecule has 0 bridgehead atoms. The van der Waals surface area contributed by atoms with Crippen LogP contribution in [-0.2, 0) is 13.3 Å². The number of carbonyl (C=O) groups is 2. The summed E-state index contributed by atoms with van der Waals surface area (Å²) in [5.41, 5.74) is 0.891. The van der Waals surface area contributed by atoms with Gasteiger partial charge < -0.3 is 4.74 Å². The van der Waals surface area contributed by atoms with Crippen LogP contribution in [0.3, 0.4) is 0 Å². The Bertz CT molecular complexity index is 802. The molecule has 0 aliphatic heterocycles. The first kappa shape index (κ1) is 21.5. The van der Waals surface area contributed by atoms with Gasteiger partial charge >= 0.3 is 94.1 Å². The van der Waals surface area contributed by atoms with Crippen molar-refractivity contribution in [3.8, 4) is 5.75 Å². The third-order valence-corrected chi connectivity index (χ3v) is 5.00. The summed E-state index contributed by atoms with van der Waals surface area (Å²) in [6, 6.07) is 12.5. The molecular weight excluding hydrogens is 405 g/mol. The second-order valence-electron chi connectivity index (χ2n) is 5.02. The number of anilines is 1. The Balaban J connectivity index is 0.000000273. The van der Waals surface area contributed by atoms with Crippen LogP contribution >= 0.6 is 0 Å². The van der Waals surface area contributed by atoms with Crippen LogP contribution in [0, 0.1) is 0 Å². The average molecular weight is 425 g/mol. The minimum atomic E-state index is -5.09. The molecule has 2 rings (SSSR count). The molecule has 9 heteroatoms. The fourth-order valence-corrected chi connectivity index (χ4v) is 3.16. The molecule has 0 fully saturated rings. The van der Waals surface area contributed by atoms with Gasteiger partial charge in [-0.2, -0.15) is 0 Å². The molecule has 0 saturated heterocycles. The van der Waals surface area contributed by atoms with Crippen LogP contribution in [0.4, 0.5) is 5.69 Å². The van der Waals surface area contributed by atoms with Crippen molar-refractivity contribution in [1.82, 2.24) is 0 Å². The van der Waals surface area contributed by atoms with Gasteiger partial charge in [0.2, 0.25) is 0 Å². The summed E-state index contributed by atoms with van der Waals surface area (Å²) in [4.78, 5) is 21.7. The van der Waals surface area contributed by atoms with Gasteiger partial charge in [-0.15, -0.1) is 0 Å². The first-order valence-electron chi connectivity index (χ1n) is 7.54. The molecule has 0 radical (unpaired) electrons. The number of phenolic OH excluding ortho intramolecular Hbond substituents is 1. The van der Waals surface area contributed by atoms with Crippen molar-refractivity contribution in [3.63, 3.8) is 0 Å². The van der Waals surface area contributed by atoms with Crippen molar-refractivity contribution in [3.05, 3.63) is 54.1 Å². The maximum Gasteiger partial charge on any atom is 0.338 e. The van der Waals surface area contributed by atoms with Gasteiger partial charge in [0.05, 0.1) is 12.2 Å². The van der Waals surface area contributed by atoms with E-state index < -0.39 is 24.3 Å². The number of carbonyl (C=O) groups excluding carboxylic acids is 2. The van der Waals surface area contributed by atoms with Crippen molar-refractivity contribution in [2.75, 3.05) is 11.9 Å². The van der Waals surface area contributed by atoms with E-state index in [0.29, 0.717) is 12.2 Å². The van der Waals surface area contributed by atoms with Crippen LogP contribution in [0.15, 0.2) is 48.5 Å². The molecule has 0 saturated carbocycles. The number of ether oxygens (including phenoxy) is 1. The molecule has 0 atom stereocenters. The predicted octanol–water partition coefficient (Wildman–Crippen LogP) is 0.775. The van der Waals surface area contributed by atoms with Crippen LogP contribution in [0.1, 0.15) is 24.2 Å². The van der Waals surface area contributed by atoms with Crippen LogP contribution in [0.2, 0.25) is 0 Å². The average Bonchev–Trinajstić information content (AvgIpc) is 2.55. The number of nitrogens with one attached hydrogen (secondary N) is 1. The van der Waals surface area contributed by atoms with E-state index in [-0.39, 0.29) is 17.6 Å². The molecule has 26 heavy (non-hydrogen) atoms. The van der Waals surface area contributed by atoms with E-state index in [9.17, 15) is 18.4 Å². The molecule has 140 valence electrons. The van der Waals surface area contributed by atoms with E-state index in [0.717, 1.165) is 12.1 Å². The zero-order valence-electron chi connectivity index (χ0n) is 14.2. The number of hydrogen-bond acceptors (Lipinski definition) is 5. The van der Waals surface area contributed by atoms with Crippen LogP contribution in [0.5, 0.6) is 5.75 Å². The molecule has 8 nitrogen and oxygen atoms in total. The summed E-state index contributed by atoms with van der Waals surface area (Å²) in [6.45, 7) is 3.51. The fourth-order valence-electron chi connectivity index (χ4n) is 1.84. The van der Waals surface area contributed by atoms with E-state index in [4.69, 9.17) is 12.9 Å². The molecule has 2 aromatic carbocycles.